The molecule has 0 rings (SSSR count). The SMILES string of the molecule is C=CCOCCOCCCC#[C][Ge]([CH3])([CH3])[CH3]. The molecule has 0 saturated carbocycles. The quantitative estimate of drug-likeness (QED) is 0.295. The van der Waals surface area contributed by atoms with Gasteiger partial charge in [0.1, 0.15) is 0 Å². The molecule has 0 aromatic rings. The molecule has 0 amide bonds. The van der Waals surface area contributed by atoms with Crippen LogP contribution in [0.15, 0.2) is 12.7 Å². The van der Waals surface area contributed by atoms with Crippen molar-refractivity contribution in [1.29, 1.82) is 0 Å². The molecule has 0 unspecified atom stereocenters. The van der Waals surface area contributed by atoms with Gasteiger partial charge in [-0.25, -0.2) is 0 Å². The summed E-state index contributed by atoms with van der Waals surface area (Å²) in [6, 6.07) is 0. The maximum absolute atomic E-state index is 5.40. The zero-order valence-electron chi connectivity index (χ0n) is 10.8. The van der Waals surface area contributed by atoms with E-state index in [-0.39, 0.29) is 0 Å². The zero-order valence-corrected chi connectivity index (χ0v) is 12.9. The van der Waals surface area contributed by atoms with Crippen molar-refractivity contribution in [2.45, 2.75) is 30.1 Å². The first kappa shape index (κ1) is 15.8. The van der Waals surface area contributed by atoms with Crippen LogP contribution in [0.4, 0.5) is 0 Å². The predicted molar refractivity (Wildman–Crippen MR) is 72.2 cm³/mol. The second-order valence-electron chi connectivity index (χ2n) is 4.63. The van der Waals surface area contributed by atoms with E-state index >= 15 is 0 Å². The Morgan fingerprint density at radius 1 is 1.12 bits per heavy atom. The van der Waals surface area contributed by atoms with Crippen LogP contribution in [-0.4, -0.2) is 39.7 Å². The topological polar surface area (TPSA) is 18.5 Å². The van der Waals surface area contributed by atoms with Crippen molar-refractivity contribution < 1.29 is 9.47 Å². The van der Waals surface area contributed by atoms with E-state index in [1.807, 2.05) is 0 Å². The molecule has 3 heteroatoms. The molecule has 0 bridgehead atoms. The standard InChI is InChI=1S/C13H24GeO2/c1-5-10-15-12-13-16-11-8-6-7-9-14(2,3)4/h5H,1,6,8,10-13H2,2-4H3. The molecule has 0 aliphatic heterocycles. The van der Waals surface area contributed by atoms with Gasteiger partial charge in [-0.15, -0.1) is 0 Å². The molecular formula is C13H24GeO2. The summed E-state index contributed by atoms with van der Waals surface area (Å²) >= 11 is -1.63. The number of unbranched alkanes of at least 4 members (excludes halogenated alkanes) is 1. The molecule has 0 fully saturated rings. The Morgan fingerprint density at radius 3 is 2.44 bits per heavy atom. The average Bonchev–Trinajstić information content (AvgIpc) is 2.19. The summed E-state index contributed by atoms with van der Waals surface area (Å²) < 4.78 is 14.0. The molecule has 0 aromatic heterocycles. The van der Waals surface area contributed by atoms with Crippen LogP contribution in [-0.2, 0) is 9.47 Å². The van der Waals surface area contributed by atoms with E-state index in [0.717, 1.165) is 19.4 Å². The molecule has 2 nitrogen and oxygen atoms in total. The van der Waals surface area contributed by atoms with Gasteiger partial charge in [0.05, 0.1) is 0 Å². The number of ether oxygens (including phenoxy) is 2. The van der Waals surface area contributed by atoms with Gasteiger partial charge in [-0.3, -0.25) is 0 Å². The molecule has 0 aliphatic rings. The number of hydrogen-bond acceptors (Lipinski definition) is 2. The maximum atomic E-state index is 5.40. The fourth-order valence-corrected chi connectivity index (χ4v) is 2.35. The van der Waals surface area contributed by atoms with Gasteiger partial charge < -0.3 is 0 Å². The van der Waals surface area contributed by atoms with Gasteiger partial charge >= 0.3 is 103 Å². The molecule has 0 aromatic carbocycles. The molecule has 92 valence electrons. The molecule has 0 atom stereocenters. The van der Waals surface area contributed by atoms with Gasteiger partial charge in [-0.05, 0) is 0 Å². The van der Waals surface area contributed by atoms with Crippen LogP contribution in [0.2, 0.25) is 17.3 Å². The van der Waals surface area contributed by atoms with E-state index in [2.05, 4.69) is 34.5 Å². The third-order valence-electron chi connectivity index (χ3n) is 1.66. The van der Waals surface area contributed by atoms with Crippen LogP contribution in [0.1, 0.15) is 12.8 Å². The second-order valence-corrected chi connectivity index (χ2v) is 14.6. The summed E-state index contributed by atoms with van der Waals surface area (Å²) in [5.41, 5.74) is 0. The van der Waals surface area contributed by atoms with E-state index < -0.39 is 13.3 Å². The Bertz CT molecular complexity index is 233. The summed E-state index contributed by atoms with van der Waals surface area (Å²) in [7, 11) is 0. The van der Waals surface area contributed by atoms with Crippen LogP contribution in [0.5, 0.6) is 0 Å². The van der Waals surface area contributed by atoms with E-state index in [1.54, 1.807) is 6.08 Å². The molecular weight excluding hydrogens is 261 g/mol. The Morgan fingerprint density at radius 2 is 1.81 bits per heavy atom. The minimum absolute atomic E-state index is 0.604. The van der Waals surface area contributed by atoms with Crippen molar-refractivity contribution in [3.05, 3.63) is 12.7 Å². The predicted octanol–water partition coefficient (Wildman–Crippen LogP) is 2.87. The van der Waals surface area contributed by atoms with Gasteiger partial charge in [0.15, 0.2) is 0 Å². The minimum atomic E-state index is -1.63. The second kappa shape index (κ2) is 9.95. The first-order valence-corrected chi connectivity index (χ1v) is 13.2. The first-order valence-electron chi connectivity index (χ1n) is 5.82. The fraction of sp³-hybridized carbons (Fsp3) is 0.692. The Hall–Kier alpha value is -0.237. The molecule has 0 saturated heterocycles. The average molecular weight is 285 g/mol. The van der Waals surface area contributed by atoms with Gasteiger partial charge in [-0.2, -0.15) is 0 Å². The summed E-state index contributed by atoms with van der Waals surface area (Å²) in [6.45, 7) is 6.27. The van der Waals surface area contributed by atoms with Gasteiger partial charge in [0.25, 0.3) is 0 Å². The van der Waals surface area contributed by atoms with Crippen LogP contribution in [0, 0.1) is 10.7 Å². The summed E-state index contributed by atoms with van der Waals surface area (Å²) in [6.07, 6.45) is 3.72. The number of rotatable bonds is 8. The van der Waals surface area contributed by atoms with Gasteiger partial charge in [0, 0.05) is 0 Å². The fourth-order valence-electron chi connectivity index (χ4n) is 0.977. The van der Waals surface area contributed by atoms with Crippen LogP contribution in [0.25, 0.3) is 0 Å². The van der Waals surface area contributed by atoms with Crippen molar-refractivity contribution in [2.24, 2.45) is 0 Å². The summed E-state index contributed by atoms with van der Waals surface area (Å²) in [5.74, 6) is 10.2. The molecule has 0 heterocycles. The third-order valence-corrected chi connectivity index (χ3v) is 3.61. The Balaban J connectivity index is 3.21. The normalized spacial score (nSPS) is 10.7. The van der Waals surface area contributed by atoms with Crippen molar-refractivity contribution in [3.63, 3.8) is 0 Å². The summed E-state index contributed by atoms with van der Waals surface area (Å²) in [5, 5.41) is 0. The Kier molecular flexibility index (Phi) is 9.80. The van der Waals surface area contributed by atoms with E-state index in [1.165, 1.54) is 0 Å². The molecule has 0 aliphatic carbocycles. The Labute approximate surface area is 103 Å². The van der Waals surface area contributed by atoms with Gasteiger partial charge in [0.2, 0.25) is 0 Å². The van der Waals surface area contributed by atoms with Crippen molar-refractivity contribution >= 4 is 13.3 Å². The molecule has 0 spiro atoms. The zero-order chi connectivity index (χ0) is 12.3. The van der Waals surface area contributed by atoms with Crippen molar-refractivity contribution in [1.82, 2.24) is 0 Å². The monoisotopic (exact) mass is 286 g/mol. The van der Waals surface area contributed by atoms with Crippen LogP contribution >= 0.6 is 0 Å². The van der Waals surface area contributed by atoms with E-state index in [9.17, 15) is 0 Å². The van der Waals surface area contributed by atoms with E-state index in [4.69, 9.17) is 9.47 Å². The first-order chi connectivity index (χ1) is 7.56. The third kappa shape index (κ3) is 13.8. The molecule has 0 radical (unpaired) electrons. The van der Waals surface area contributed by atoms with Crippen LogP contribution < -0.4 is 0 Å². The molecule has 0 N–H and O–H groups in total. The van der Waals surface area contributed by atoms with Crippen molar-refractivity contribution in [2.75, 3.05) is 26.4 Å². The van der Waals surface area contributed by atoms with E-state index in [0.29, 0.717) is 19.8 Å². The van der Waals surface area contributed by atoms with Gasteiger partial charge in [-0.1, -0.05) is 0 Å². The number of hydrogen-bond donors (Lipinski definition) is 0. The van der Waals surface area contributed by atoms with Crippen molar-refractivity contribution in [3.8, 4) is 10.7 Å². The van der Waals surface area contributed by atoms with Crippen LogP contribution in [0.3, 0.4) is 0 Å². The summed E-state index contributed by atoms with van der Waals surface area (Å²) in [4.78, 5) is 0. The molecule has 16 heavy (non-hydrogen) atoms.